The Hall–Kier alpha value is 7.30. The SMILES string of the molecule is CO[Si]1O[Si](C)O[Si](C)O[Si]2O[Si]3O[Si]4O[Si](C)O[Si]5(C)O[Si](O)O[Si]6O[Si](O)O[Si]7O[Si]8O[Si](O)O[Si]9O[Si](O)O[Si]%10O[Si](C)O[Si]%11O[Si](C)O[Si]%12O[Si]%13O[Si](C)O[Si](C)O[Si](C)O[Si]%14O[Si](O1)O[Si](O2)O[Si]1O[Si]2O[Si](O[Si](O7)O[Si](O[Si](O9)O8)O[Si]7O[Si](O1)O[Si](O[Si](O%14)O%13)O[Si]1(O%12)O[Si](O%11)O[Si](O%10)O[Si]1O7)O[Si](O6)O[Si](O[Si](O[Si](O4)O3)O2)O5. The predicted octanol–water partition coefficient (Wildman–Crippen LogP) is -18.6. The first-order chi connectivity index (χ1) is 59.1. The minimum Gasteiger partial charge on any atom is -0.414 e. The van der Waals surface area contributed by atoms with Crippen LogP contribution in [-0.2, 0) is 260 Å². The molecule has 0 aromatic carbocycles. The average molecular weight is 2520 g/mol. The fourth-order valence-corrected chi connectivity index (χ4v) is 123. The van der Waals surface area contributed by atoms with Crippen LogP contribution in [0.2, 0.25) is 58.9 Å². The van der Waals surface area contributed by atoms with E-state index in [4.69, 9.17) is 260 Å². The molecule has 1 spiro atoms. The second-order valence-corrected chi connectivity index (χ2v) is 104. The van der Waals surface area contributed by atoms with Crippen molar-refractivity contribution in [2.24, 2.45) is 0 Å². The highest BCUT2D eigenvalue weighted by molar-refractivity contribution is 7.25. The van der Waals surface area contributed by atoms with Crippen LogP contribution in [0.1, 0.15) is 0 Å². The fourth-order valence-electron chi connectivity index (χ4n) is 8.22. The van der Waals surface area contributed by atoms with Crippen molar-refractivity contribution in [3.05, 3.63) is 0 Å². The molecule has 113 heteroatoms. The predicted molar refractivity (Wildman–Crippen MR) is 401 cm³/mol. The molecule has 18 saturated heterocycles. The summed E-state index contributed by atoms with van der Waals surface area (Å²) in [5, 5.41) is 0. The summed E-state index contributed by atoms with van der Waals surface area (Å²) in [6, 6.07) is 0. The minimum absolute atomic E-state index is 1.27. The van der Waals surface area contributed by atoms with Gasteiger partial charge in [0.15, 0.2) is 0 Å². The number of rotatable bonds is 1. The summed E-state index contributed by atoms with van der Waals surface area (Å²) in [4.78, 5) is 47.7. The maximum atomic E-state index is 12.1. The summed E-state index contributed by atoms with van der Waals surface area (Å²) in [5.74, 6) is 0. The Kier molecular flexibility index (Phi) is 37.8. The van der Waals surface area contributed by atoms with Gasteiger partial charge < -0.3 is 279 Å². The lowest BCUT2D eigenvalue weighted by atomic mass is 11.8. The maximum Gasteiger partial charge on any atom is 0.559 e. The van der Waals surface area contributed by atoms with Crippen LogP contribution < -0.4 is 0 Å². The van der Waals surface area contributed by atoms with Gasteiger partial charge in [0.25, 0.3) is 0 Å². The fraction of sp³-hybridized carbons (Fsp3) is 1.00. The van der Waals surface area contributed by atoms with Gasteiger partial charge in [0.05, 0.1) is 0 Å². The molecule has 0 aliphatic carbocycles. The molecule has 123 heavy (non-hydrogen) atoms. The highest BCUT2D eigenvalue weighted by Gasteiger charge is 2.73. The molecule has 2 atom stereocenters. The van der Waals surface area contributed by atoms with Crippen LogP contribution in [0.15, 0.2) is 0 Å². The number of fused-ring (bicyclic) bond motifs is 14. The Morgan fingerprint density at radius 3 is 0.642 bits per heavy atom. The summed E-state index contributed by atoms with van der Waals surface area (Å²) < 4.78 is 414. The van der Waals surface area contributed by atoms with Crippen LogP contribution >= 0.6 is 0 Å². The molecule has 18 heterocycles. The van der Waals surface area contributed by atoms with Crippen molar-refractivity contribution in [2.45, 2.75) is 58.9 Å². The molecule has 0 amide bonds. The molecule has 44 radical (unpaired) electrons. The van der Waals surface area contributed by atoms with E-state index in [1.54, 1.807) is 32.7 Å². The molecule has 4 N–H and O–H groups in total. The van der Waals surface area contributed by atoms with E-state index in [0.717, 1.165) is 0 Å². The van der Waals surface area contributed by atoms with Crippen LogP contribution in [0.4, 0.5) is 0 Å². The van der Waals surface area contributed by atoms with Crippen molar-refractivity contribution < 1.29 is 279 Å². The monoisotopic (exact) mass is 2510 g/mol. The quantitative estimate of drug-likeness (QED) is 0.177. The van der Waals surface area contributed by atoms with Gasteiger partial charge in [-0.05, 0) is 52.4 Å². The lowest BCUT2D eigenvalue weighted by molar-refractivity contribution is 0.0749. The van der Waals surface area contributed by atoms with Crippen molar-refractivity contribution in [3.8, 4) is 0 Å². The van der Waals surface area contributed by atoms with Crippen LogP contribution in [-0.4, -0.2) is 460 Å². The van der Waals surface area contributed by atoms with Gasteiger partial charge in [0.1, 0.15) is 0 Å². The molecule has 2 unspecified atom stereocenters. The van der Waals surface area contributed by atoms with Crippen molar-refractivity contribution in [2.75, 3.05) is 7.11 Å². The number of hydrogen-bond acceptors (Lipinski definition) is 67. The summed E-state index contributed by atoms with van der Waals surface area (Å²) in [7, 11) is -169. The molecule has 18 aliphatic rings. The minimum atomic E-state index is -5.66. The van der Waals surface area contributed by atoms with E-state index in [9.17, 15) is 19.2 Å². The first-order valence-corrected chi connectivity index (χ1v) is 95.4. The van der Waals surface area contributed by atoms with E-state index in [1.807, 2.05) is 0 Å². The van der Waals surface area contributed by atoms with Gasteiger partial charge in [0.2, 0.25) is 0 Å². The van der Waals surface area contributed by atoms with Gasteiger partial charge >= 0.3 is 434 Å². The van der Waals surface area contributed by atoms with E-state index in [1.165, 1.54) is 33.3 Å². The largest absolute Gasteiger partial charge is 0.559 e. The summed E-state index contributed by atoms with van der Waals surface area (Å²) in [5.41, 5.74) is 0. The molecule has 67 nitrogen and oxygen atoms in total. The Morgan fingerprint density at radius 1 is 0.163 bits per heavy atom. The third-order valence-electron chi connectivity index (χ3n) is 12.2. The lowest BCUT2D eigenvalue weighted by Gasteiger charge is -2.38. The van der Waals surface area contributed by atoms with Gasteiger partial charge in [-0.2, -0.15) is 0 Å². The molecular formula is C10H34O67Si46. The van der Waals surface area contributed by atoms with E-state index < -0.39 is 434 Å². The summed E-state index contributed by atoms with van der Waals surface area (Å²) in [6.45, 7) is 13.8. The molecule has 18 fully saturated rings. The Morgan fingerprint density at radius 2 is 0.341 bits per heavy atom. The van der Waals surface area contributed by atoms with Crippen LogP contribution in [0, 0.1) is 0 Å². The normalized spacial score (nSPS) is 35.0. The topological polar surface area (TPSA) is 662 Å². The second kappa shape index (κ2) is 46.3. The molecule has 18 rings (SSSR count). The summed E-state index contributed by atoms with van der Waals surface area (Å²) in [6.07, 6.45) is 0. The second-order valence-electron chi connectivity index (χ2n) is 21.0. The van der Waals surface area contributed by atoms with E-state index in [-0.39, 0.29) is 0 Å². The zero-order valence-electron chi connectivity index (χ0n) is 60.5. The number of hydrogen-bond donors (Lipinski definition) is 4. The third-order valence-corrected chi connectivity index (χ3v) is 114. The molecule has 18 aliphatic heterocycles. The molecular weight excluding hydrogens is 2480 g/mol. The van der Waals surface area contributed by atoms with Crippen molar-refractivity contribution >= 4 is 434 Å². The molecule has 0 aromatic rings. The Bertz CT molecular complexity index is 3350. The zero-order valence-corrected chi connectivity index (χ0v) is 107. The molecule has 33 bridgehead atoms. The zero-order chi connectivity index (χ0) is 85.0. The third kappa shape index (κ3) is 28.9. The van der Waals surface area contributed by atoms with E-state index >= 15 is 0 Å². The average Bonchev–Trinajstić information content (AvgIpc) is 1.67. The van der Waals surface area contributed by atoms with Gasteiger partial charge in [-0.1, -0.05) is 0 Å². The van der Waals surface area contributed by atoms with E-state index in [0.29, 0.717) is 0 Å². The first kappa shape index (κ1) is 100. The van der Waals surface area contributed by atoms with Gasteiger partial charge in [-0.25, -0.2) is 0 Å². The van der Waals surface area contributed by atoms with Gasteiger partial charge in [-0.3, -0.25) is 0 Å². The highest BCUT2D eigenvalue weighted by Crippen LogP contribution is 2.35. The lowest BCUT2D eigenvalue weighted by Crippen LogP contribution is -2.71. The summed E-state index contributed by atoms with van der Waals surface area (Å²) >= 11 is 0. The Balaban J connectivity index is 0.865. The smallest absolute Gasteiger partial charge is 0.414 e. The van der Waals surface area contributed by atoms with Crippen LogP contribution in [0.5, 0.6) is 0 Å². The van der Waals surface area contributed by atoms with Crippen molar-refractivity contribution in [1.29, 1.82) is 0 Å². The standard InChI is InChI=1S/C10H34O67Si46/c1-15-90-19-79(3)18-82(6)21-94-38-102-42-96-27-85(9)72-122(10)73-89(14)34-98-31-88(13)33-100-46-99-32-87(12)30-97-29-86(11)28-92-25-83(7)23-91-24-84(8)26-117-64-95-22-81(5)17-78(2)16-80(4)20-93-37-101(35-90)49-103(39-94)51-107-55-109-56-108(58-112(45-98)65-118(74-122)66-113(59-109)57-104(43-96)50-102)53-106(48-100)54-110(52-105(44-97)47-99)61-115-62-114(60-107)68-120(67-111(40-93)41-95)77-123(75-117)76-119(63-91)69-116(36-92)71-121(123)70-115/h11-14H,1-10H3. The van der Waals surface area contributed by atoms with Crippen LogP contribution in [0.3, 0.4) is 0 Å². The molecule has 0 aromatic heterocycles. The van der Waals surface area contributed by atoms with E-state index in [2.05, 4.69) is 0 Å². The Labute approximate surface area is 771 Å². The highest BCUT2D eigenvalue weighted by atomic mass is 29.3. The first-order valence-electron chi connectivity index (χ1n) is 31.6. The van der Waals surface area contributed by atoms with Gasteiger partial charge in [0, 0.05) is 13.7 Å². The maximum absolute atomic E-state index is 12.1. The van der Waals surface area contributed by atoms with Gasteiger partial charge in [-0.15, -0.1) is 0 Å². The van der Waals surface area contributed by atoms with Crippen molar-refractivity contribution in [3.63, 3.8) is 0 Å². The molecule has 660 valence electrons. The van der Waals surface area contributed by atoms with Crippen molar-refractivity contribution in [1.82, 2.24) is 0 Å². The molecule has 0 saturated carbocycles. The van der Waals surface area contributed by atoms with Crippen LogP contribution in [0.25, 0.3) is 0 Å².